The van der Waals surface area contributed by atoms with Crippen LogP contribution < -0.4 is 16.0 Å². The van der Waals surface area contributed by atoms with Crippen LogP contribution in [0.4, 0.5) is 11.4 Å². The Morgan fingerprint density at radius 3 is 2.41 bits per heavy atom. The quantitative estimate of drug-likeness (QED) is 0.498. The van der Waals surface area contributed by atoms with E-state index in [0.29, 0.717) is 33.5 Å². The van der Waals surface area contributed by atoms with Crippen molar-refractivity contribution in [2.45, 2.75) is 6.54 Å². The average Bonchev–Trinajstić information content (AvgIpc) is 2.74. The largest absolute Gasteiger partial charge is 0.375 e. The number of anilines is 2. The molecule has 7 heteroatoms. The molecule has 0 unspecified atom stereocenters. The van der Waals surface area contributed by atoms with E-state index in [1.54, 1.807) is 42.5 Å². The second-order valence-electron chi connectivity index (χ2n) is 6.25. The van der Waals surface area contributed by atoms with Crippen LogP contribution in [0.5, 0.6) is 0 Å². The highest BCUT2D eigenvalue weighted by Crippen LogP contribution is 2.29. The van der Waals surface area contributed by atoms with Crippen LogP contribution in [-0.2, 0) is 11.3 Å². The summed E-state index contributed by atoms with van der Waals surface area (Å²) < 4.78 is 0. The molecule has 0 bridgehead atoms. The van der Waals surface area contributed by atoms with Crippen LogP contribution in [0.1, 0.15) is 15.9 Å². The van der Waals surface area contributed by atoms with Gasteiger partial charge < -0.3 is 16.0 Å². The smallest absolute Gasteiger partial charge is 0.251 e. The SMILES string of the molecule is O=C(CNc1cccc(Cl)c1Cl)Nc1cccc(C(=O)NCc2ccccc2)c1. The molecule has 0 fully saturated rings. The van der Waals surface area contributed by atoms with Crippen molar-refractivity contribution in [2.75, 3.05) is 17.2 Å². The molecule has 5 nitrogen and oxygen atoms in total. The van der Waals surface area contributed by atoms with Gasteiger partial charge in [0, 0.05) is 17.8 Å². The zero-order chi connectivity index (χ0) is 20.6. The Morgan fingerprint density at radius 2 is 1.62 bits per heavy atom. The van der Waals surface area contributed by atoms with Crippen molar-refractivity contribution in [3.05, 3.63) is 94.0 Å². The maximum atomic E-state index is 12.4. The molecule has 0 aromatic heterocycles. The average molecular weight is 428 g/mol. The first-order chi connectivity index (χ1) is 14.0. The van der Waals surface area contributed by atoms with E-state index in [-0.39, 0.29) is 18.4 Å². The minimum absolute atomic E-state index is 0.00446. The lowest BCUT2D eigenvalue weighted by molar-refractivity contribution is -0.114. The minimum Gasteiger partial charge on any atom is -0.375 e. The normalized spacial score (nSPS) is 10.3. The Morgan fingerprint density at radius 1 is 0.862 bits per heavy atom. The number of carbonyl (C=O) groups excluding carboxylic acids is 2. The Bertz CT molecular complexity index is 1010. The molecule has 3 rings (SSSR count). The predicted octanol–water partition coefficient (Wildman–Crippen LogP) is 4.97. The summed E-state index contributed by atoms with van der Waals surface area (Å²) in [6.45, 7) is 0.436. The summed E-state index contributed by atoms with van der Waals surface area (Å²) in [5, 5.41) is 9.33. The van der Waals surface area contributed by atoms with Crippen molar-refractivity contribution < 1.29 is 9.59 Å². The molecule has 0 aliphatic rings. The predicted molar refractivity (Wildman–Crippen MR) is 118 cm³/mol. The topological polar surface area (TPSA) is 70.2 Å². The van der Waals surface area contributed by atoms with Gasteiger partial charge in [0.1, 0.15) is 0 Å². The van der Waals surface area contributed by atoms with E-state index in [1.165, 1.54) is 0 Å². The molecule has 0 heterocycles. The minimum atomic E-state index is -0.275. The molecule has 0 aliphatic heterocycles. The third kappa shape index (κ3) is 5.98. The maximum Gasteiger partial charge on any atom is 0.251 e. The fourth-order valence-electron chi connectivity index (χ4n) is 2.64. The highest BCUT2D eigenvalue weighted by Gasteiger charge is 2.09. The van der Waals surface area contributed by atoms with Crippen molar-refractivity contribution in [3.63, 3.8) is 0 Å². The molecule has 29 heavy (non-hydrogen) atoms. The first kappa shape index (κ1) is 20.7. The summed E-state index contributed by atoms with van der Waals surface area (Å²) in [6, 6.07) is 21.6. The number of carbonyl (C=O) groups is 2. The molecule has 148 valence electrons. The van der Waals surface area contributed by atoms with Gasteiger partial charge in [0.05, 0.1) is 22.3 Å². The Kier molecular flexibility index (Phi) is 7.11. The fraction of sp³-hybridized carbons (Fsp3) is 0.0909. The van der Waals surface area contributed by atoms with Gasteiger partial charge in [0.15, 0.2) is 0 Å². The van der Waals surface area contributed by atoms with Gasteiger partial charge in [0.25, 0.3) is 5.91 Å². The number of hydrogen-bond acceptors (Lipinski definition) is 3. The van der Waals surface area contributed by atoms with Gasteiger partial charge in [0.2, 0.25) is 5.91 Å². The third-order valence-corrected chi connectivity index (χ3v) is 4.91. The van der Waals surface area contributed by atoms with E-state index in [1.807, 2.05) is 30.3 Å². The second kappa shape index (κ2) is 9.96. The number of amides is 2. The van der Waals surface area contributed by atoms with Crippen LogP contribution in [0.3, 0.4) is 0 Å². The molecule has 3 N–H and O–H groups in total. The number of nitrogens with one attached hydrogen (secondary N) is 3. The van der Waals surface area contributed by atoms with Gasteiger partial charge in [-0.2, -0.15) is 0 Å². The van der Waals surface area contributed by atoms with E-state index in [2.05, 4.69) is 16.0 Å². The molecule has 0 saturated carbocycles. The standard InChI is InChI=1S/C22H19Cl2N3O2/c23-18-10-5-11-19(21(18)24)25-14-20(28)27-17-9-4-8-16(12-17)22(29)26-13-15-6-2-1-3-7-15/h1-12,25H,13-14H2,(H,26,29)(H,27,28). The lowest BCUT2D eigenvalue weighted by Gasteiger charge is -2.11. The molecule has 0 atom stereocenters. The van der Waals surface area contributed by atoms with Crippen LogP contribution in [0.25, 0.3) is 0 Å². The zero-order valence-electron chi connectivity index (χ0n) is 15.4. The fourth-order valence-corrected chi connectivity index (χ4v) is 3.01. The molecule has 3 aromatic carbocycles. The molecule has 0 radical (unpaired) electrons. The number of hydrogen-bond donors (Lipinski definition) is 3. The molecule has 0 saturated heterocycles. The van der Waals surface area contributed by atoms with Gasteiger partial charge in [-0.3, -0.25) is 9.59 Å². The number of halogens is 2. The summed E-state index contributed by atoms with van der Waals surface area (Å²) in [6.07, 6.45) is 0. The zero-order valence-corrected chi connectivity index (χ0v) is 16.9. The van der Waals surface area contributed by atoms with E-state index in [0.717, 1.165) is 5.56 Å². The van der Waals surface area contributed by atoms with Crippen LogP contribution in [-0.4, -0.2) is 18.4 Å². The van der Waals surface area contributed by atoms with Crippen LogP contribution in [0.15, 0.2) is 72.8 Å². The number of rotatable bonds is 7. The van der Waals surface area contributed by atoms with Crippen molar-refractivity contribution in [3.8, 4) is 0 Å². The van der Waals surface area contributed by atoms with Gasteiger partial charge in [-0.1, -0.05) is 65.7 Å². The third-order valence-electron chi connectivity index (χ3n) is 4.10. The first-order valence-electron chi connectivity index (χ1n) is 8.93. The van der Waals surface area contributed by atoms with Gasteiger partial charge in [-0.25, -0.2) is 0 Å². The summed E-state index contributed by atoms with van der Waals surface area (Å²) in [7, 11) is 0. The van der Waals surface area contributed by atoms with Crippen molar-refractivity contribution in [1.82, 2.24) is 5.32 Å². The lowest BCUT2D eigenvalue weighted by Crippen LogP contribution is -2.24. The summed E-state index contributed by atoms with van der Waals surface area (Å²) in [4.78, 5) is 24.6. The lowest BCUT2D eigenvalue weighted by atomic mass is 10.1. The van der Waals surface area contributed by atoms with Crippen LogP contribution >= 0.6 is 23.2 Å². The highest BCUT2D eigenvalue weighted by molar-refractivity contribution is 6.43. The van der Waals surface area contributed by atoms with Gasteiger partial charge in [-0.05, 0) is 35.9 Å². The summed E-state index contributed by atoms with van der Waals surface area (Å²) >= 11 is 12.1. The Labute approximate surface area is 179 Å². The first-order valence-corrected chi connectivity index (χ1v) is 9.68. The second-order valence-corrected chi connectivity index (χ2v) is 7.04. The molecule has 2 amide bonds. The molecular formula is C22H19Cl2N3O2. The van der Waals surface area contributed by atoms with E-state index >= 15 is 0 Å². The summed E-state index contributed by atoms with van der Waals surface area (Å²) in [5.41, 5.74) is 2.57. The van der Waals surface area contributed by atoms with E-state index in [9.17, 15) is 9.59 Å². The van der Waals surface area contributed by atoms with E-state index < -0.39 is 0 Å². The molecule has 3 aromatic rings. The van der Waals surface area contributed by atoms with Gasteiger partial charge >= 0.3 is 0 Å². The summed E-state index contributed by atoms with van der Waals surface area (Å²) in [5.74, 6) is -0.489. The van der Waals surface area contributed by atoms with Crippen LogP contribution in [0, 0.1) is 0 Å². The Balaban J connectivity index is 1.55. The van der Waals surface area contributed by atoms with E-state index in [4.69, 9.17) is 23.2 Å². The number of benzene rings is 3. The molecular weight excluding hydrogens is 409 g/mol. The molecule has 0 aliphatic carbocycles. The highest BCUT2D eigenvalue weighted by atomic mass is 35.5. The van der Waals surface area contributed by atoms with Crippen molar-refractivity contribution in [1.29, 1.82) is 0 Å². The van der Waals surface area contributed by atoms with Crippen LogP contribution in [0.2, 0.25) is 10.0 Å². The molecule has 0 spiro atoms. The van der Waals surface area contributed by atoms with Crippen molar-refractivity contribution in [2.24, 2.45) is 0 Å². The maximum absolute atomic E-state index is 12.4. The monoisotopic (exact) mass is 427 g/mol. The van der Waals surface area contributed by atoms with Crippen molar-refractivity contribution >= 4 is 46.4 Å². The van der Waals surface area contributed by atoms with Gasteiger partial charge in [-0.15, -0.1) is 0 Å². The Hall–Kier alpha value is -3.02.